The number of nitrogens with zero attached hydrogens (tertiary/aromatic N) is 7. The van der Waals surface area contributed by atoms with Crippen molar-refractivity contribution < 1.29 is 0 Å². The Balaban J connectivity index is 1.78. The van der Waals surface area contributed by atoms with Crippen LogP contribution in [0.3, 0.4) is 0 Å². The molecule has 3 heterocycles. The Hall–Kier alpha value is -1.83. The third kappa shape index (κ3) is 2.10. The molecule has 1 atom stereocenters. The van der Waals surface area contributed by atoms with Crippen LogP contribution in [0.25, 0.3) is 0 Å². The van der Waals surface area contributed by atoms with E-state index in [0.29, 0.717) is 0 Å². The Kier molecular flexibility index (Phi) is 3.01. The highest BCUT2D eigenvalue weighted by molar-refractivity contribution is 4.96. The van der Waals surface area contributed by atoms with Crippen molar-refractivity contribution in [1.82, 2.24) is 40.3 Å². The van der Waals surface area contributed by atoms with Crippen molar-refractivity contribution >= 4 is 0 Å². The number of H-pyrrole nitrogens is 1. The number of hydrogen-bond acceptors (Lipinski definition) is 6. The Morgan fingerprint density at radius 3 is 3.11 bits per heavy atom. The summed E-state index contributed by atoms with van der Waals surface area (Å²) in [5.74, 6) is 1.81. The number of tetrazole rings is 1. The van der Waals surface area contributed by atoms with Gasteiger partial charge in [-0.3, -0.25) is 10.00 Å². The second kappa shape index (κ2) is 4.81. The monoisotopic (exact) mass is 248 g/mol. The summed E-state index contributed by atoms with van der Waals surface area (Å²) in [7, 11) is 1.86. The molecule has 1 aliphatic heterocycles. The molecule has 1 saturated heterocycles. The molecule has 96 valence electrons. The summed E-state index contributed by atoms with van der Waals surface area (Å²) in [5.41, 5.74) is 0. The Bertz CT molecular complexity index is 490. The Morgan fingerprint density at radius 1 is 1.44 bits per heavy atom. The largest absolute Gasteiger partial charge is 0.286 e. The first-order chi connectivity index (χ1) is 8.84. The van der Waals surface area contributed by atoms with Crippen LogP contribution in [-0.2, 0) is 13.6 Å². The van der Waals surface area contributed by atoms with E-state index in [1.807, 2.05) is 7.05 Å². The molecule has 1 N–H and O–H groups in total. The van der Waals surface area contributed by atoms with Gasteiger partial charge in [-0.2, -0.15) is 5.10 Å². The smallest absolute Gasteiger partial charge is 0.165 e. The normalized spacial score (nSPS) is 21.3. The fraction of sp³-hybridized carbons (Fsp3) is 0.700. The molecule has 0 aliphatic carbocycles. The van der Waals surface area contributed by atoms with Gasteiger partial charge in [0.2, 0.25) is 0 Å². The highest BCUT2D eigenvalue weighted by Gasteiger charge is 2.27. The molecule has 0 amide bonds. The van der Waals surface area contributed by atoms with Crippen molar-refractivity contribution in [2.75, 3.05) is 6.54 Å². The van der Waals surface area contributed by atoms with Gasteiger partial charge in [0.1, 0.15) is 12.2 Å². The van der Waals surface area contributed by atoms with Crippen molar-refractivity contribution in [2.45, 2.75) is 31.8 Å². The van der Waals surface area contributed by atoms with Gasteiger partial charge in [0.15, 0.2) is 5.82 Å². The molecular formula is C10H16N8. The molecule has 0 bridgehead atoms. The number of likely N-dealkylation sites (tertiary alicyclic amines) is 1. The molecule has 0 aromatic carbocycles. The number of piperidine rings is 1. The summed E-state index contributed by atoms with van der Waals surface area (Å²) in [6.07, 6.45) is 5.08. The quantitative estimate of drug-likeness (QED) is 0.826. The predicted octanol–water partition coefficient (Wildman–Crippen LogP) is 0.0554. The SMILES string of the molecule is Cn1nnnc1CN1CCCC[C@H]1c1ncn[nH]1. The maximum Gasteiger partial charge on any atom is 0.165 e. The molecule has 0 unspecified atom stereocenters. The van der Waals surface area contributed by atoms with Crippen LogP contribution in [0.5, 0.6) is 0 Å². The molecule has 2 aromatic rings. The van der Waals surface area contributed by atoms with Crippen LogP contribution in [0.2, 0.25) is 0 Å². The number of aromatic amines is 1. The molecule has 1 fully saturated rings. The van der Waals surface area contributed by atoms with Gasteiger partial charge in [-0.05, 0) is 29.8 Å². The molecule has 1 aliphatic rings. The average molecular weight is 248 g/mol. The summed E-state index contributed by atoms with van der Waals surface area (Å²) >= 11 is 0. The molecule has 2 aromatic heterocycles. The number of nitrogens with one attached hydrogen (secondary N) is 1. The molecule has 0 spiro atoms. The van der Waals surface area contributed by atoms with Crippen molar-refractivity contribution in [3.05, 3.63) is 18.0 Å². The summed E-state index contributed by atoms with van der Waals surface area (Å²) in [6, 6.07) is 0.290. The van der Waals surface area contributed by atoms with Gasteiger partial charge in [-0.1, -0.05) is 6.42 Å². The standard InChI is InChI=1S/C10H16N8/c1-17-9(13-15-16-17)6-18-5-3-2-4-8(18)10-11-7-12-14-10/h7-8H,2-6H2,1H3,(H,11,12,14)/t8-/m0/s1. The number of rotatable bonds is 3. The van der Waals surface area contributed by atoms with Crippen molar-refractivity contribution in [3.63, 3.8) is 0 Å². The average Bonchev–Trinajstić information content (AvgIpc) is 3.03. The minimum absolute atomic E-state index is 0.290. The minimum Gasteiger partial charge on any atom is -0.286 e. The van der Waals surface area contributed by atoms with Crippen LogP contribution in [0.1, 0.15) is 37.0 Å². The third-order valence-corrected chi connectivity index (χ3v) is 3.42. The summed E-state index contributed by atoms with van der Waals surface area (Å²) in [5, 5.41) is 18.5. The lowest BCUT2D eigenvalue weighted by Gasteiger charge is -2.33. The van der Waals surface area contributed by atoms with Gasteiger partial charge < -0.3 is 0 Å². The zero-order chi connectivity index (χ0) is 12.4. The zero-order valence-electron chi connectivity index (χ0n) is 10.3. The number of aromatic nitrogens is 7. The summed E-state index contributed by atoms with van der Waals surface area (Å²) in [4.78, 5) is 6.63. The maximum atomic E-state index is 4.28. The van der Waals surface area contributed by atoms with E-state index >= 15 is 0 Å². The number of aryl methyl sites for hydroxylation is 1. The maximum absolute atomic E-state index is 4.28. The fourth-order valence-corrected chi connectivity index (χ4v) is 2.43. The highest BCUT2D eigenvalue weighted by Crippen LogP contribution is 2.29. The molecule has 18 heavy (non-hydrogen) atoms. The van der Waals surface area contributed by atoms with Crippen molar-refractivity contribution in [2.24, 2.45) is 7.05 Å². The first-order valence-corrected chi connectivity index (χ1v) is 6.15. The first kappa shape index (κ1) is 11.3. The second-order valence-electron chi connectivity index (χ2n) is 4.57. The van der Waals surface area contributed by atoms with E-state index in [4.69, 9.17) is 0 Å². The highest BCUT2D eigenvalue weighted by atomic mass is 15.5. The van der Waals surface area contributed by atoms with Crippen LogP contribution in [0, 0.1) is 0 Å². The van der Waals surface area contributed by atoms with E-state index in [9.17, 15) is 0 Å². The molecule has 8 nitrogen and oxygen atoms in total. The summed E-state index contributed by atoms with van der Waals surface area (Å²) < 4.78 is 1.71. The van der Waals surface area contributed by atoms with Crippen LogP contribution in [0.4, 0.5) is 0 Å². The lowest BCUT2D eigenvalue weighted by Crippen LogP contribution is -2.34. The van der Waals surface area contributed by atoms with Gasteiger partial charge in [-0.15, -0.1) is 5.10 Å². The first-order valence-electron chi connectivity index (χ1n) is 6.15. The Labute approximate surface area is 104 Å². The lowest BCUT2D eigenvalue weighted by atomic mass is 10.0. The van der Waals surface area contributed by atoms with E-state index in [2.05, 4.69) is 35.6 Å². The molecule has 3 rings (SSSR count). The van der Waals surface area contributed by atoms with Crippen LogP contribution >= 0.6 is 0 Å². The van der Waals surface area contributed by atoms with E-state index < -0.39 is 0 Å². The van der Waals surface area contributed by atoms with Gasteiger partial charge in [0, 0.05) is 7.05 Å². The molecule has 0 radical (unpaired) electrons. The van der Waals surface area contributed by atoms with E-state index in [-0.39, 0.29) is 6.04 Å². The summed E-state index contributed by atoms with van der Waals surface area (Å²) in [6.45, 7) is 1.78. The van der Waals surface area contributed by atoms with Crippen molar-refractivity contribution in [1.29, 1.82) is 0 Å². The van der Waals surface area contributed by atoms with Gasteiger partial charge in [0.25, 0.3) is 0 Å². The van der Waals surface area contributed by atoms with Crippen LogP contribution in [-0.4, -0.2) is 46.8 Å². The van der Waals surface area contributed by atoms with E-state index in [1.165, 1.54) is 12.8 Å². The predicted molar refractivity (Wildman–Crippen MR) is 62.2 cm³/mol. The minimum atomic E-state index is 0.290. The van der Waals surface area contributed by atoms with E-state index in [1.54, 1.807) is 11.0 Å². The van der Waals surface area contributed by atoms with Gasteiger partial charge in [0.05, 0.1) is 12.6 Å². The van der Waals surface area contributed by atoms with Gasteiger partial charge in [-0.25, -0.2) is 9.67 Å². The molecule has 0 saturated carbocycles. The lowest BCUT2D eigenvalue weighted by molar-refractivity contribution is 0.129. The molecular weight excluding hydrogens is 232 g/mol. The Morgan fingerprint density at radius 2 is 2.39 bits per heavy atom. The zero-order valence-corrected chi connectivity index (χ0v) is 10.3. The van der Waals surface area contributed by atoms with Crippen LogP contribution < -0.4 is 0 Å². The second-order valence-corrected chi connectivity index (χ2v) is 4.57. The molecule has 8 heteroatoms. The van der Waals surface area contributed by atoms with Gasteiger partial charge >= 0.3 is 0 Å². The van der Waals surface area contributed by atoms with Crippen molar-refractivity contribution in [3.8, 4) is 0 Å². The third-order valence-electron chi connectivity index (χ3n) is 3.42. The topological polar surface area (TPSA) is 88.4 Å². The fourth-order valence-electron chi connectivity index (χ4n) is 2.43. The van der Waals surface area contributed by atoms with E-state index in [0.717, 1.165) is 31.2 Å². The van der Waals surface area contributed by atoms with Crippen LogP contribution in [0.15, 0.2) is 6.33 Å². The number of hydrogen-bond donors (Lipinski definition) is 1.